The lowest BCUT2D eigenvalue weighted by atomic mass is 10.2. The summed E-state index contributed by atoms with van der Waals surface area (Å²) >= 11 is 0. The molecule has 0 bridgehead atoms. The fraction of sp³-hybridized carbons (Fsp3) is 0.412. The molecule has 0 radical (unpaired) electrons. The Bertz CT molecular complexity index is 846. The molecule has 9 nitrogen and oxygen atoms in total. The van der Waals surface area contributed by atoms with Crippen LogP contribution in [0.4, 0.5) is 23.0 Å². The Hall–Kier alpha value is -2.43. The van der Waals surface area contributed by atoms with Gasteiger partial charge in [0.25, 0.3) is 0 Å². The number of benzene rings is 1. The van der Waals surface area contributed by atoms with Crippen molar-refractivity contribution in [3.63, 3.8) is 0 Å². The normalized spacial score (nSPS) is 15.8. The Labute approximate surface area is 160 Å². The van der Waals surface area contributed by atoms with Gasteiger partial charge in [0.1, 0.15) is 0 Å². The molecule has 1 aromatic heterocycles. The molecule has 146 valence electrons. The number of piperazine rings is 1. The SMILES string of the molecule is CN1CCN(c2ccc(Nc3ccc(NS(=O)(=O)N(C)C)nn3)cc2)CC1. The number of hydrogen-bond donors (Lipinski definition) is 2. The van der Waals surface area contributed by atoms with E-state index in [9.17, 15) is 8.42 Å². The fourth-order valence-electron chi connectivity index (χ4n) is 2.64. The highest BCUT2D eigenvalue weighted by Crippen LogP contribution is 2.21. The van der Waals surface area contributed by atoms with Gasteiger partial charge in [0.15, 0.2) is 11.6 Å². The Kier molecular flexibility index (Phi) is 5.78. The second-order valence-corrected chi connectivity index (χ2v) is 8.54. The first-order chi connectivity index (χ1) is 12.8. The standard InChI is InChI=1S/C17H25N7O2S/c1-22(2)27(25,26)21-17-9-8-16(19-20-17)18-14-4-6-15(7-5-14)24-12-10-23(3)11-13-24/h4-9H,10-13H2,1-3H3,(H,18,19)(H,20,21). The van der Waals surface area contributed by atoms with Gasteiger partial charge in [0.2, 0.25) is 0 Å². The minimum absolute atomic E-state index is 0.166. The van der Waals surface area contributed by atoms with Crippen LogP contribution in [-0.2, 0) is 10.2 Å². The van der Waals surface area contributed by atoms with E-state index in [0.29, 0.717) is 5.82 Å². The zero-order chi connectivity index (χ0) is 19.4. The largest absolute Gasteiger partial charge is 0.369 e. The highest BCUT2D eigenvalue weighted by molar-refractivity contribution is 7.90. The van der Waals surface area contributed by atoms with Gasteiger partial charge in [-0.1, -0.05) is 0 Å². The first-order valence-corrected chi connectivity index (χ1v) is 10.1. The molecule has 1 fully saturated rings. The van der Waals surface area contributed by atoms with Gasteiger partial charge in [-0.25, -0.2) is 0 Å². The summed E-state index contributed by atoms with van der Waals surface area (Å²) in [5.74, 6) is 0.704. The van der Waals surface area contributed by atoms with Crippen molar-refractivity contribution in [2.24, 2.45) is 0 Å². The number of rotatable bonds is 6. The van der Waals surface area contributed by atoms with Crippen molar-refractivity contribution in [2.45, 2.75) is 0 Å². The van der Waals surface area contributed by atoms with Gasteiger partial charge in [0, 0.05) is 51.6 Å². The first kappa shape index (κ1) is 19.3. The van der Waals surface area contributed by atoms with E-state index in [4.69, 9.17) is 0 Å². The second-order valence-electron chi connectivity index (χ2n) is 6.66. The summed E-state index contributed by atoms with van der Waals surface area (Å²) in [5, 5.41) is 11.1. The van der Waals surface area contributed by atoms with E-state index in [1.807, 2.05) is 12.1 Å². The van der Waals surface area contributed by atoms with Gasteiger partial charge in [-0.05, 0) is 43.4 Å². The summed E-state index contributed by atoms with van der Waals surface area (Å²) in [4.78, 5) is 4.70. The van der Waals surface area contributed by atoms with E-state index in [2.05, 4.69) is 49.2 Å². The van der Waals surface area contributed by atoms with Gasteiger partial charge in [-0.3, -0.25) is 4.72 Å². The Morgan fingerprint density at radius 1 is 0.926 bits per heavy atom. The van der Waals surface area contributed by atoms with Gasteiger partial charge in [-0.15, -0.1) is 10.2 Å². The van der Waals surface area contributed by atoms with Crippen LogP contribution >= 0.6 is 0 Å². The second kappa shape index (κ2) is 8.07. The van der Waals surface area contributed by atoms with Crippen LogP contribution in [0.1, 0.15) is 0 Å². The first-order valence-electron chi connectivity index (χ1n) is 8.68. The number of likely N-dealkylation sites (N-methyl/N-ethyl adjacent to an activating group) is 1. The predicted molar refractivity (Wildman–Crippen MR) is 108 cm³/mol. The fourth-order valence-corrected chi connectivity index (χ4v) is 3.20. The average molecular weight is 392 g/mol. The summed E-state index contributed by atoms with van der Waals surface area (Å²) in [6.45, 7) is 4.19. The van der Waals surface area contributed by atoms with Crippen molar-refractivity contribution in [2.75, 3.05) is 62.3 Å². The topological polar surface area (TPSA) is 93.7 Å². The van der Waals surface area contributed by atoms with E-state index >= 15 is 0 Å². The molecule has 2 aromatic rings. The van der Waals surface area contributed by atoms with Crippen molar-refractivity contribution < 1.29 is 8.42 Å². The molecule has 0 unspecified atom stereocenters. The van der Waals surface area contributed by atoms with Crippen molar-refractivity contribution in [3.8, 4) is 0 Å². The summed E-state index contributed by atoms with van der Waals surface area (Å²) in [6.07, 6.45) is 0. The molecule has 1 aliphatic heterocycles. The number of nitrogens with zero attached hydrogens (tertiary/aromatic N) is 5. The highest BCUT2D eigenvalue weighted by Gasteiger charge is 2.15. The van der Waals surface area contributed by atoms with E-state index in [-0.39, 0.29) is 5.82 Å². The number of anilines is 4. The Morgan fingerprint density at radius 3 is 2.07 bits per heavy atom. The van der Waals surface area contributed by atoms with Gasteiger partial charge < -0.3 is 15.1 Å². The van der Waals surface area contributed by atoms with E-state index in [1.165, 1.54) is 19.8 Å². The summed E-state index contributed by atoms with van der Waals surface area (Å²) in [5.41, 5.74) is 2.09. The summed E-state index contributed by atoms with van der Waals surface area (Å²) < 4.78 is 27.0. The molecule has 3 rings (SSSR count). The molecule has 10 heteroatoms. The predicted octanol–water partition coefficient (Wildman–Crippen LogP) is 1.19. The molecule has 2 heterocycles. The van der Waals surface area contributed by atoms with Crippen LogP contribution in [0.25, 0.3) is 0 Å². The van der Waals surface area contributed by atoms with E-state index in [0.717, 1.165) is 36.2 Å². The minimum Gasteiger partial charge on any atom is -0.369 e. The van der Waals surface area contributed by atoms with Crippen LogP contribution in [0.15, 0.2) is 36.4 Å². The lowest BCUT2D eigenvalue weighted by Crippen LogP contribution is -2.44. The Morgan fingerprint density at radius 2 is 1.52 bits per heavy atom. The molecular weight excluding hydrogens is 366 g/mol. The number of nitrogens with one attached hydrogen (secondary N) is 2. The maximum Gasteiger partial charge on any atom is 0.302 e. The van der Waals surface area contributed by atoms with Crippen LogP contribution < -0.4 is 14.9 Å². The van der Waals surface area contributed by atoms with Crippen LogP contribution in [0.5, 0.6) is 0 Å². The van der Waals surface area contributed by atoms with Crippen molar-refractivity contribution >= 4 is 33.2 Å². The van der Waals surface area contributed by atoms with Crippen molar-refractivity contribution in [1.29, 1.82) is 0 Å². The third-order valence-corrected chi connectivity index (χ3v) is 5.82. The molecule has 1 aliphatic rings. The van der Waals surface area contributed by atoms with Gasteiger partial charge in [-0.2, -0.15) is 12.7 Å². The average Bonchev–Trinajstić information content (AvgIpc) is 2.64. The lowest BCUT2D eigenvalue weighted by molar-refractivity contribution is 0.313. The van der Waals surface area contributed by atoms with Crippen LogP contribution in [0.2, 0.25) is 0 Å². The van der Waals surface area contributed by atoms with Crippen molar-refractivity contribution in [3.05, 3.63) is 36.4 Å². The van der Waals surface area contributed by atoms with Crippen LogP contribution in [0.3, 0.4) is 0 Å². The molecule has 0 saturated carbocycles. The quantitative estimate of drug-likeness (QED) is 0.764. The zero-order valence-electron chi connectivity index (χ0n) is 15.8. The smallest absolute Gasteiger partial charge is 0.302 e. The summed E-state index contributed by atoms with van der Waals surface area (Å²) in [6, 6.07) is 11.4. The molecule has 0 spiro atoms. The molecule has 1 aromatic carbocycles. The number of hydrogen-bond acceptors (Lipinski definition) is 7. The van der Waals surface area contributed by atoms with Gasteiger partial charge >= 0.3 is 10.2 Å². The van der Waals surface area contributed by atoms with E-state index in [1.54, 1.807) is 12.1 Å². The van der Waals surface area contributed by atoms with E-state index < -0.39 is 10.2 Å². The molecule has 27 heavy (non-hydrogen) atoms. The third-order valence-electron chi connectivity index (χ3n) is 4.39. The Balaban J connectivity index is 1.60. The zero-order valence-corrected chi connectivity index (χ0v) is 16.6. The third kappa shape index (κ3) is 5.06. The maximum absolute atomic E-state index is 11.8. The number of aromatic nitrogens is 2. The molecule has 0 amide bonds. The molecule has 1 saturated heterocycles. The highest BCUT2D eigenvalue weighted by atomic mass is 32.2. The molecule has 0 aliphatic carbocycles. The minimum atomic E-state index is -3.59. The van der Waals surface area contributed by atoms with Crippen LogP contribution in [0, 0.1) is 0 Å². The maximum atomic E-state index is 11.8. The molecule has 0 atom stereocenters. The molecule has 2 N–H and O–H groups in total. The van der Waals surface area contributed by atoms with Crippen molar-refractivity contribution in [1.82, 2.24) is 19.4 Å². The molecular formula is C17H25N7O2S. The lowest BCUT2D eigenvalue weighted by Gasteiger charge is -2.34. The summed E-state index contributed by atoms with van der Waals surface area (Å²) in [7, 11) is 1.44. The van der Waals surface area contributed by atoms with Crippen LogP contribution in [-0.4, -0.2) is 75.1 Å². The monoisotopic (exact) mass is 391 g/mol. The van der Waals surface area contributed by atoms with Gasteiger partial charge in [0.05, 0.1) is 0 Å².